The van der Waals surface area contributed by atoms with E-state index in [-0.39, 0.29) is 18.0 Å². The molecule has 0 spiro atoms. The van der Waals surface area contributed by atoms with Crippen molar-refractivity contribution in [1.82, 2.24) is 9.97 Å². The summed E-state index contributed by atoms with van der Waals surface area (Å²) in [7, 11) is -1.08. The van der Waals surface area contributed by atoms with Crippen molar-refractivity contribution in [3.8, 4) is 0 Å². The van der Waals surface area contributed by atoms with Gasteiger partial charge in [0.05, 0.1) is 15.7 Å². The number of amides is 1. The average molecular weight is 435 g/mol. The SMILES string of the molecule is CS(=O)c1ccc(N2CCN(c3nccc(COC(=O)N=C(N)N)c3F)CC2)nc1. The number of nitrogens with two attached hydrogens (primary N) is 2. The van der Waals surface area contributed by atoms with E-state index in [1.807, 2.05) is 11.0 Å². The molecule has 1 aliphatic heterocycles. The van der Waals surface area contributed by atoms with E-state index in [0.29, 0.717) is 31.1 Å². The minimum Gasteiger partial charge on any atom is -0.443 e. The lowest BCUT2D eigenvalue weighted by molar-refractivity contribution is 0.149. The van der Waals surface area contributed by atoms with Crippen LogP contribution in [0.15, 0.2) is 40.5 Å². The molecule has 1 fully saturated rings. The third-order valence-corrected chi connectivity index (χ3v) is 5.38. The van der Waals surface area contributed by atoms with Crippen LogP contribution in [-0.4, -0.2) is 58.7 Å². The number of rotatable bonds is 5. The van der Waals surface area contributed by atoms with Crippen molar-refractivity contribution in [2.45, 2.75) is 11.5 Å². The van der Waals surface area contributed by atoms with Gasteiger partial charge in [0.15, 0.2) is 17.6 Å². The highest BCUT2D eigenvalue weighted by atomic mass is 32.2. The lowest BCUT2D eigenvalue weighted by Gasteiger charge is -2.36. The first-order chi connectivity index (χ1) is 14.3. The molecule has 0 saturated carbocycles. The molecule has 160 valence electrons. The van der Waals surface area contributed by atoms with Gasteiger partial charge in [0, 0.05) is 50.4 Å². The van der Waals surface area contributed by atoms with Gasteiger partial charge in [0.1, 0.15) is 12.4 Å². The van der Waals surface area contributed by atoms with E-state index in [0.717, 1.165) is 5.82 Å². The van der Waals surface area contributed by atoms with Crippen LogP contribution in [0.5, 0.6) is 0 Å². The van der Waals surface area contributed by atoms with Gasteiger partial charge in [-0.1, -0.05) is 0 Å². The topological polar surface area (TPSA) is 140 Å². The molecule has 0 aromatic carbocycles. The molecule has 0 aliphatic carbocycles. The minimum absolute atomic E-state index is 0.173. The number of halogens is 1. The summed E-state index contributed by atoms with van der Waals surface area (Å²) in [4.78, 5) is 27.7. The van der Waals surface area contributed by atoms with E-state index in [1.165, 1.54) is 12.3 Å². The summed E-state index contributed by atoms with van der Waals surface area (Å²) >= 11 is 0. The minimum atomic E-state index is -1.08. The second-order valence-electron chi connectivity index (χ2n) is 6.48. The van der Waals surface area contributed by atoms with Crippen LogP contribution in [0.2, 0.25) is 0 Å². The maximum absolute atomic E-state index is 14.9. The zero-order chi connectivity index (χ0) is 21.7. The van der Waals surface area contributed by atoms with Crippen LogP contribution in [0.1, 0.15) is 5.56 Å². The first-order valence-electron chi connectivity index (χ1n) is 9.04. The molecule has 2 aromatic heterocycles. The van der Waals surface area contributed by atoms with E-state index in [2.05, 4.69) is 19.9 Å². The second-order valence-corrected chi connectivity index (χ2v) is 7.86. The van der Waals surface area contributed by atoms with Crippen LogP contribution < -0.4 is 21.3 Å². The zero-order valence-electron chi connectivity index (χ0n) is 16.3. The third kappa shape index (κ3) is 5.20. The third-order valence-electron chi connectivity index (χ3n) is 4.48. The average Bonchev–Trinajstić information content (AvgIpc) is 2.73. The van der Waals surface area contributed by atoms with Gasteiger partial charge in [-0.2, -0.15) is 0 Å². The number of carbonyl (C=O) groups excluding carboxylic acids is 1. The van der Waals surface area contributed by atoms with Crippen molar-refractivity contribution in [3.63, 3.8) is 0 Å². The van der Waals surface area contributed by atoms with Crippen LogP contribution in [0.25, 0.3) is 0 Å². The second kappa shape index (κ2) is 9.48. The van der Waals surface area contributed by atoms with Crippen LogP contribution in [-0.2, 0) is 22.1 Å². The van der Waals surface area contributed by atoms with Crippen LogP contribution in [0.3, 0.4) is 0 Å². The number of aliphatic imine (C=N–C) groups is 1. The molecule has 10 nitrogen and oxygen atoms in total. The Labute approximate surface area is 175 Å². The maximum atomic E-state index is 14.9. The number of nitrogens with zero attached hydrogens (tertiary/aromatic N) is 5. The summed E-state index contributed by atoms with van der Waals surface area (Å²) in [5, 5.41) is 0. The predicted octanol–water partition coefficient (Wildman–Crippen LogP) is 0.590. The zero-order valence-corrected chi connectivity index (χ0v) is 17.1. The monoisotopic (exact) mass is 435 g/mol. The number of pyridine rings is 2. The van der Waals surface area contributed by atoms with E-state index < -0.39 is 28.7 Å². The molecule has 1 unspecified atom stereocenters. The van der Waals surface area contributed by atoms with Crippen molar-refractivity contribution in [3.05, 3.63) is 42.0 Å². The fourth-order valence-electron chi connectivity index (χ4n) is 2.96. The van der Waals surface area contributed by atoms with Gasteiger partial charge in [-0.25, -0.2) is 19.2 Å². The molecule has 2 aromatic rings. The highest BCUT2D eigenvalue weighted by Crippen LogP contribution is 2.23. The predicted molar refractivity (Wildman–Crippen MR) is 111 cm³/mol. The van der Waals surface area contributed by atoms with Gasteiger partial charge in [-0.15, -0.1) is 4.99 Å². The fraction of sp³-hybridized carbons (Fsp3) is 0.333. The summed E-state index contributed by atoms with van der Waals surface area (Å²) in [6, 6.07) is 5.05. The van der Waals surface area contributed by atoms with E-state index in [9.17, 15) is 13.4 Å². The summed E-state index contributed by atoms with van der Waals surface area (Å²) in [5.41, 5.74) is 10.4. The maximum Gasteiger partial charge on any atom is 0.437 e. The molecule has 12 heteroatoms. The summed E-state index contributed by atoms with van der Waals surface area (Å²) < 4.78 is 31.2. The molecule has 0 radical (unpaired) electrons. The summed E-state index contributed by atoms with van der Waals surface area (Å²) in [6.07, 6.45) is 3.67. The summed E-state index contributed by atoms with van der Waals surface area (Å²) in [6.45, 7) is 1.99. The van der Waals surface area contributed by atoms with Crippen molar-refractivity contribution >= 4 is 34.5 Å². The number of piperazine rings is 1. The normalized spacial score (nSPS) is 14.9. The van der Waals surface area contributed by atoms with Gasteiger partial charge >= 0.3 is 6.09 Å². The Hall–Kier alpha value is -3.28. The van der Waals surface area contributed by atoms with Crippen LogP contribution in [0.4, 0.5) is 20.8 Å². The first kappa shape index (κ1) is 21.4. The molecule has 1 saturated heterocycles. The van der Waals surface area contributed by atoms with Crippen molar-refractivity contribution in [2.75, 3.05) is 42.2 Å². The van der Waals surface area contributed by atoms with E-state index in [1.54, 1.807) is 18.5 Å². The van der Waals surface area contributed by atoms with E-state index in [4.69, 9.17) is 16.2 Å². The van der Waals surface area contributed by atoms with Gasteiger partial charge in [-0.3, -0.25) is 4.21 Å². The largest absolute Gasteiger partial charge is 0.443 e. The molecule has 0 bridgehead atoms. The fourth-order valence-corrected chi connectivity index (χ4v) is 3.42. The molecule has 30 heavy (non-hydrogen) atoms. The van der Waals surface area contributed by atoms with Crippen LogP contribution in [0, 0.1) is 5.82 Å². The number of hydrogen-bond donors (Lipinski definition) is 2. The van der Waals surface area contributed by atoms with Crippen molar-refractivity contribution in [2.24, 2.45) is 16.5 Å². The molecule has 1 atom stereocenters. The Balaban J connectivity index is 1.63. The Morgan fingerprint density at radius 1 is 1.20 bits per heavy atom. The van der Waals surface area contributed by atoms with Crippen LogP contribution >= 0.6 is 0 Å². The lowest BCUT2D eigenvalue weighted by atomic mass is 10.2. The lowest BCUT2D eigenvalue weighted by Crippen LogP contribution is -2.47. The highest BCUT2D eigenvalue weighted by molar-refractivity contribution is 7.84. The first-order valence-corrected chi connectivity index (χ1v) is 10.6. The summed E-state index contributed by atoms with van der Waals surface area (Å²) in [5.74, 6) is -0.0235. The Morgan fingerprint density at radius 2 is 1.90 bits per heavy atom. The molecule has 1 amide bonds. The smallest absolute Gasteiger partial charge is 0.437 e. The van der Waals surface area contributed by atoms with Crippen molar-refractivity contribution < 1.29 is 18.1 Å². The van der Waals surface area contributed by atoms with Gasteiger partial charge in [0.25, 0.3) is 0 Å². The van der Waals surface area contributed by atoms with Gasteiger partial charge < -0.3 is 26.0 Å². The Bertz CT molecular complexity index is 959. The molecular weight excluding hydrogens is 413 g/mol. The standard InChI is InChI=1S/C18H22FN7O3S/c1-30(28)13-2-3-14(23-10-13)25-6-8-26(9-7-25)16-15(19)12(4-5-22-16)11-29-18(27)24-17(20)21/h2-5,10H,6-9,11H2,1H3,(H4,20,21,24,27). The number of carbonyl (C=O) groups is 1. The van der Waals surface area contributed by atoms with E-state index >= 15 is 0 Å². The van der Waals surface area contributed by atoms with Crippen molar-refractivity contribution in [1.29, 1.82) is 0 Å². The quantitative estimate of drug-likeness (QED) is 0.510. The molecule has 3 rings (SSSR count). The molecular formula is C18H22FN7O3S. The highest BCUT2D eigenvalue weighted by Gasteiger charge is 2.23. The molecule has 4 N–H and O–H groups in total. The Morgan fingerprint density at radius 3 is 2.50 bits per heavy atom. The van der Waals surface area contributed by atoms with Gasteiger partial charge in [-0.05, 0) is 18.2 Å². The number of aromatic nitrogens is 2. The number of guanidine groups is 1. The number of anilines is 2. The van der Waals surface area contributed by atoms with Gasteiger partial charge in [0.2, 0.25) is 0 Å². The number of ether oxygens (including phenoxy) is 1. The Kier molecular flexibility index (Phi) is 6.77. The molecule has 3 heterocycles. The number of hydrogen-bond acceptors (Lipinski definition) is 7. The molecule has 1 aliphatic rings.